The largest absolute Gasteiger partial charge is 0.361 e. The van der Waals surface area contributed by atoms with Gasteiger partial charge in [0.05, 0.1) is 0 Å². The molecule has 1 aromatic carbocycles. The number of carbonyl (C=O) groups excluding carboxylic acids is 1. The minimum absolute atomic E-state index is 0.134. The van der Waals surface area contributed by atoms with Gasteiger partial charge in [0, 0.05) is 48.3 Å². The predicted octanol–water partition coefficient (Wildman–Crippen LogP) is 1.60. The van der Waals surface area contributed by atoms with Crippen LogP contribution < -0.4 is 5.32 Å². The molecule has 4 nitrogen and oxygen atoms in total. The first-order valence-electron chi connectivity index (χ1n) is 6.35. The van der Waals surface area contributed by atoms with E-state index in [1.165, 1.54) is 0 Å². The van der Waals surface area contributed by atoms with E-state index in [0.29, 0.717) is 0 Å². The standard InChI is InChI=1S/C14H17N3O/c1-10-9-15-7-8-17(10)14(18)12-3-2-4-13-11(12)5-6-16-13/h2-6,10,15-16H,7-9H2,1H3/t10-/m0/s1. The molecule has 0 saturated carbocycles. The van der Waals surface area contributed by atoms with E-state index in [-0.39, 0.29) is 11.9 Å². The fourth-order valence-corrected chi connectivity index (χ4v) is 2.57. The van der Waals surface area contributed by atoms with Crippen molar-refractivity contribution in [1.29, 1.82) is 0 Å². The second-order valence-electron chi connectivity index (χ2n) is 4.80. The molecule has 0 bridgehead atoms. The van der Waals surface area contributed by atoms with Gasteiger partial charge in [-0.2, -0.15) is 0 Å². The van der Waals surface area contributed by atoms with Crippen molar-refractivity contribution in [2.45, 2.75) is 13.0 Å². The number of aromatic nitrogens is 1. The highest BCUT2D eigenvalue weighted by Crippen LogP contribution is 2.20. The van der Waals surface area contributed by atoms with Crippen LogP contribution in [-0.2, 0) is 0 Å². The third-order valence-electron chi connectivity index (χ3n) is 3.59. The third-order valence-corrected chi connectivity index (χ3v) is 3.59. The van der Waals surface area contributed by atoms with E-state index in [1.54, 1.807) is 0 Å². The number of amides is 1. The first-order chi connectivity index (χ1) is 8.77. The molecule has 0 spiro atoms. The Kier molecular flexibility index (Phi) is 2.80. The van der Waals surface area contributed by atoms with Crippen LogP contribution >= 0.6 is 0 Å². The zero-order chi connectivity index (χ0) is 12.5. The maximum absolute atomic E-state index is 12.6. The summed E-state index contributed by atoms with van der Waals surface area (Å²) < 4.78 is 0. The fraction of sp³-hybridized carbons (Fsp3) is 0.357. The lowest BCUT2D eigenvalue weighted by Crippen LogP contribution is -2.52. The summed E-state index contributed by atoms with van der Waals surface area (Å²) >= 11 is 0. The Bertz CT molecular complexity index is 575. The van der Waals surface area contributed by atoms with E-state index in [2.05, 4.69) is 17.2 Å². The first-order valence-corrected chi connectivity index (χ1v) is 6.35. The van der Waals surface area contributed by atoms with Crippen LogP contribution in [0.1, 0.15) is 17.3 Å². The van der Waals surface area contributed by atoms with E-state index < -0.39 is 0 Å². The van der Waals surface area contributed by atoms with Crippen molar-refractivity contribution in [1.82, 2.24) is 15.2 Å². The van der Waals surface area contributed by atoms with Crippen molar-refractivity contribution in [2.24, 2.45) is 0 Å². The Morgan fingerprint density at radius 2 is 2.28 bits per heavy atom. The van der Waals surface area contributed by atoms with Crippen molar-refractivity contribution in [2.75, 3.05) is 19.6 Å². The lowest BCUT2D eigenvalue weighted by atomic mass is 10.1. The Morgan fingerprint density at radius 1 is 1.39 bits per heavy atom. The molecule has 18 heavy (non-hydrogen) atoms. The smallest absolute Gasteiger partial charge is 0.254 e. The minimum Gasteiger partial charge on any atom is -0.361 e. The molecule has 0 unspecified atom stereocenters. The second kappa shape index (κ2) is 4.46. The minimum atomic E-state index is 0.134. The summed E-state index contributed by atoms with van der Waals surface area (Å²) in [5.74, 6) is 0.134. The molecule has 1 aliphatic rings. The summed E-state index contributed by atoms with van der Waals surface area (Å²) in [6, 6.07) is 8.05. The molecular formula is C14H17N3O. The predicted molar refractivity (Wildman–Crippen MR) is 71.7 cm³/mol. The monoisotopic (exact) mass is 243 g/mol. The zero-order valence-corrected chi connectivity index (χ0v) is 10.4. The van der Waals surface area contributed by atoms with E-state index in [0.717, 1.165) is 36.1 Å². The molecule has 2 N–H and O–H groups in total. The molecule has 1 saturated heterocycles. The van der Waals surface area contributed by atoms with Gasteiger partial charge in [-0.15, -0.1) is 0 Å². The summed E-state index contributed by atoms with van der Waals surface area (Å²) in [5.41, 5.74) is 1.81. The maximum Gasteiger partial charge on any atom is 0.254 e. The quantitative estimate of drug-likeness (QED) is 0.799. The van der Waals surface area contributed by atoms with Crippen LogP contribution in [0.4, 0.5) is 0 Å². The lowest BCUT2D eigenvalue weighted by molar-refractivity contribution is 0.0658. The molecule has 1 aliphatic heterocycles. The van der Waals surface area contributed by atoms with Gasteiger partial charge < -0.3 is 15.2 Å². The molecular weight excluding hydrogens is 226 g/mol. The highest BCUT2D eigenvalue weighted by Gasteiger charge is 2.25. The summed E-state index contributed by atoms with van der Waals surface area (Å²) in [6.45, 7) is 4.61. The molecule has 3 rings (SSSR count). The van der Waals surface area contributed by atoms with Gasteiger partial charge in [0.25, 0.3) is 5.91 Å². The number of hydrogen-bond donors (Lipinski definition) is 2. The third kappa shape index (κ3) is 1.78. The van der Waals surface area contributed by atoms with Crippen LogP contribution in [0.25, 0.3) is 10.9 Å². The van der Waals surface area contributed by atoms with E-state index in [1.807, 2.05) is 35.4 Å². The summed E-state index contributed by atoms with van der Waals surface area (Å²) in [5, 5.41) is 4.31. The molecule has 0 aliphatic carbocycles. The van der Waals surface area contributed by atoms with Crippen molar-refractivity contribution in [3.05, 3.63) is 36.0 Å². The number of nitrogens with one attached hydrogen (secondary N) is 2. The van der Waals surface area contributed by atoms with Crippen molar-refractivity contribution in [3.8, 4) is 0 Å². The number of rotatable bonds is 1. The van der Waals surface area contributed by atoms with Crippen LogP contribution in [0, 0.1) is 0 Å². The maximum atomic E-state index is 12.6. The van der Waals surface area contributed by atoms with Gasteiger partial charge in [0.1, 0.15) is 0 Å². The molecule has 2 heterocycles. The van der Waals surface area contributed by atoms with Crippen LogP contribution in [0.3, 0.4) is 0 Å². The number of nitrogens with zero attached hydrogens (tertiary/aromatic N) is 1. The lowest BCUT2D eigenvalue weighted by Gasteiger charge is -2.34. The number of H-pyrrole nitrogens is 1. The molecule has 2 aromatic rings. The van der Waals surface area contributed by atoms with E-state index >= 15 is 0 Å². The number of hydrogen-bond acceptors (Lipinski definition) is 2. The SMILES string of the molecule is C[C@H]1CNCCN1C(=O)c1cccc2[nH]ccc12. The van der Waals surface area contributed by atoms with Gasteiger partial charge in [0.2, 0.25) is 0 Å². The van der Waals surface area contributed by atoms with Crippen LogP contribution in [0.2, 0.25) is 0 Å². The van der Waals surface area contributed by atoms with Gasteiger partial charge >= 0.3 is 0 Å². The molecule has 1 fully saturated rings. The number of benzene rings is 1. The Labute approximate surface area is 106 Å². The molecule has 1 aromatic heterocycles. The van der Waals surface area contributed by atoms with Crippen molar-refractivity contribution in [3.63, 3.8) is 0 Å². The number of fused-ring (bicyclic) bond motifs is 1. The van der Waals surface area contributed by atoms with Crippen molar-refractivity contribution < 1.29 is 4.79 Å². The normalized spacial score (nSPS) is 20.3. The fourth-order valence-electron chi connectivity index (χ4n) is 2.57. The van der Waals surface area contributed by atoms with Gasteiger partial charge in [0.15, 0.2) is 0 Å². The first kappa shape index (κ1) is 11.3. The van der Waals surface area contributed by atoms with Crippen molar-refractivity contribution >= 4 is 16.8 Å². The van der Waals surface area contributed by atoms with Crippen LogP contribution in [0.5, 0.6) is 0 Å². The summed E-state index contributed by atoms with van der Waals surface area (Å²) in [6.07, 6.45) is 1.88. The van der Waals surface area contributed by atoms with E-state index in [4.69, 9.17) is 0 Å². The number of aromatic amines is 1. The highest BCUT2D eigenvalue weighted by atomic mass is 16.2. The van der Waals surface area contributed by atoms with Gasteiger partial charge in [-0.3, -0.25) is 4.79 Å². The highest BCUT2D eigenvalue weighted by molar-refractivity contribution is 6.06. The number of carbonyl (C=O) groups is 1. The van der Waals surface area contributed by atoms with Crippen LogP contribution in [-0.4, -0.2) is 41.5 Å². The Hall–Kier alpha value is -1.81. The topological polar surface area (TPSA) is 48.1 Å². The Balaban J connectivity index is 1.98. The average molecular weight is 243 g/mol. The molecule has 94 valence electrons. The average Bonchev–Trinajstić information content (AvgIpc) is 2.86. The molecule has 4 heteroatoms. The van der Waals surface area contributed by atoms with Crippen LogP contribution in [0.15, 0.2) is 30.5 Å². The van der Waals surface area contributed by atoms with Gasteiger partial charge in [-0.05, 0) is 25.1 Å². The van der Waals surface area contributed by atoms with Gasteiger partial charge in [-0.1, -0.05) is 6.07 Å². The summed E-state index contributed by atoms with van der Waals surface area (Å²) in [7, 11) is 0. The molecule has 1 atom stereocenters. The van der Waals surface area contributed by atoms with E-state index in [9.17, 15) is 4.79 Å². The summed E-state index contributed by atoms with van der Waals surface area (Å²) in [4.78, 5) is 17.7. The Morgan fingerprint density at radius 3 is 3.11 bits per heavy atom. The van der Waals surface area contributed by atoms with Gasteiger partial charge in [-0.25, -0.2) is 0 Å². The zero-order valence-electron chi connectivity index (χ0n) is 10.4. The molecule has 0 radical (unpaired) electrons. The second-order valence-corrected chi connectivity index (χ2v) is 4.80. The molecule has 1 amide bonds. The number of piperazine rings is 1.